The zero-order chi connectivity index (χ0) is 55.3. The van der Waals surface area contributed by atoms with Crippen molar-refractivity contribution in [2.24, 2.45) is 40.9 Å². The maximum absolute atomic E-state index is 14.6. The summed E-state index contributed by atoms with van der Waals surface area (Å²) in [6, 6.07) is -1.59. The van der Waals surface area contributed by atoms with Crippen molar-refractivity contribution in [3.05, 3.63) is 47.6 Å². The fourth-order valence-corrected chi connectivity index (χ4v) is 10.9. The molecule has 2 unspecified atom stereocenters. The van der Waals surface area contributed by atoms with E-state index in [1.54, 1.807) is 33.8 Å². The first-order valence-corrected chi connectivity index (χ1v) is 26.6. The Morgan fingerprint density at radius 3 is 2.19 bits per heavy atom. The van der Waals surface area contributed by atoms with Crippen molar-refractivity contribution in [2.75, 3.05) is 41.1 Å². The molecular weight excluding hydrogens is 959 g/mol. The molecule has 1 saturated carbocycles. The van der Waals surface area contributed by atoms with E-state index >= 15 is 0 Å². The van der Waals surface area contributed by atoms with Crippen molar-refractivity contribution in [1.82, 2.24) is 0 Å². The third kappa shape index (κ3) is 15.4. The number of aliphatic hydroxyl groups excluding tert-OH is 3. The molecule has 3 heterocycles. The molecule has 5 N–H and O–H groups in total. The van der Waals surface area contributed by atoms with Gasteiger partial charge in [0, 0.05) is 64.8 Å². The van der Waals surface area contributed by atoms with E-state index in [0.717, 1.165) is 5.57 Å². The van der Waals surface area contributed by atoms with Gasteiger partial charge in [0.1, 0.15) is 42.2 Å². The second kappa shape index (κ2) is 28.0. The zero-order valence-corrected chi connectivity index (χ0v) is 45.7. The second-order valence-electron chi connectivity index (χ2n) is 22.2. The fraction of sp³-hybridized carbons (Fsp3) is 0.750. The van der Waals surface area contributed by atoms with E-state index in [-0.39, 0.29) is 55.6 Å². The van der Waals surface area contributed by atoms with Gasteiger partial charge in [-0.25, -0.2) is 14.8 Å². The molecule has 4 rings (SSSR count). The van der Waals surface area contributed by atoms with Gasteiger partial charge in [-0.15, -0.1) is 4.65 Å². The highest BCUT2D eigenvalue weighted by molar-refractivity contribution is 6.36. The van der Waals surface area contributed by atoms with E-state index in [9.17, 15) is 54.4 Å². The van der Waals surface area contributed by atoms with Gasteiger partial charge in [0.05, 0.1) is 31.5 Å². The van der Waals surface area contributed by atoms with E-state index < -0.39 is 125 Å². The number of esters is 2. The number of hydrogen-bond acceptors (Lipinski definition) is 17. The summed E-state index contributed by atoms with van der Waals surface area (Å²) in [5.74, 6) is -10.7. The second-order valence-corrected chi connectivity index (χ2v) is 22.2. The van der Waals surface area contributed by atoms with Crippen LogP contribution < -0.4 is 0 Å². The van der Waals surface area contributed by atoms with E-state index in [1.807, 2.05) is 51.2 Å². The maximum atomic E-state index is 14.6. The number of rotatable bonds is 10. The molecule has 0 aromatic carbocycles. The molecule has 3 fully saturated rings. The number of ether oxygens (including phenoxy) is 6. The van der Waals surface area contributed by atoms with Crippen LogP contribution >= 0.6 is 0 Å². The number of aliphatic hydroxyl groups is 4. The lowest BCUT2D eigenvalue weighted by atomic mass is 9.78. The van der Waals surface area contributed by atoms with Crippen molar-refractivity contribution >= 4 is 35.2 Å². The lowest BCUT2D eigenvalue weighted by molar-refractivity contribution is -1.05. The van der Waals surface area contributed by atoms with E-state index in [2.05, 4.69) is 0 Å². The van der Waals surface area contributed by atoms with Crippen LogP contribution in [0, 0.1) is 40.9 Å². The number of hydrogen-bond donors (Lipinski definition) is 5. The Morgan fingerprint density at radius 2 is 1.55 bits per heavy atom. The molecule has 18 heteroatoms. The molecule has 4 aliphatic rings. The van der Waals surface area contributed by atoms with Crippen LogP contribution in [0.1, 0.15) is 132 Å². The number of amides is 1. The summed E-state index contributed by atoms with van der Waals surface area (Å²) in [4.78, 5) is 84.5. The number of Topliss-reactive ketones (excluding diaryl/α,β-unsaturated/α-hetero) is 3. The average Bonchev–Trinajstić information content (AvgIpc) is 3.37. The van der Waals surface area contributed by atoms with Crippen LogP contribution in [0.25, 0.3) is 0 Å². The van der Waals surface area contributed by atoms with Crippen LogP contribution in [-0.2, 0) is 57.2 Å². The first-order valence-electron chi connectivity index (χ1n) is 26.6. The third-order valence-electron chi connectivity index (χ3n) is 16.2. The van der Waals surface area contributed by atoms with Gasteiger partial charge in [-0.2, -0.15) is 0 Å². The minimum atomic E-state index is -2.63. The molecule has 418 valence electrons. The summed E-state index contributed by atoms with van der Waals surface area (Å²) >= 11 is 0. The molecule has 1 aliphatic carbocycles. The van der Waals surface area contributed by atoms with Crippen molar-refractivity contribution in [1.29, 1.82) is 0 Å². The van der Waals surface area contributed by atoms with Gasteiger partial charge in [0.25, 0.3) is 0 Å². The SMILES string of the molecule is CO[C@H]1CC2CC[C@@H](C)[C@@](O)(O2)C(=O)C(=O)[N+]2(O)CCCC[C@H]2C(=O)O[C@H]([C@H](C)C[C@@H]2CC[C@@H](OC(=O)C(C)(CO)CO)[C@H](OC)C2)CC(=O)[C@H](C)C=C(C)[C@@H](O)[C@@H](OC)C(=O)[C@H](C)C[C@H](C)C=CC=CC=C1C. The van der Waals surface area contributed by atoms with E-state index in [0.29, 0.717) is 56.9 Å². The first kappa shape index (κ1) is 62.7. The molecule has 0 aromatic heterocycles. The summed E-state index contributed by atoms with van der Waals surface area (Å²) in [5.41, 5.74) is -0.364. The number of ketones is 3. The molecule has 2 bridgehead atoms. The third-order valence-corrected chi connectivity index (χ3v) is 16.2. The first-order chi connectivity index (χ1) is 34.8. The molecular formula is C56H88NO17+. The predicted molar refractivity (Wildman–Crippen MR) is 271 cm³/mol. The lowest BCUT2D eigenvalue weighted by Gasteiger charge is -2.43. The molecule has 0 spiro atoms. The van der Waals surface area contributed by atoms with Gasteiger partial charge in [-0.1, -0.05) is 71.1 Å². The number of carbonyl (C=O) groups excluding carboxylic acids is 6. The number of methoxy groups -OCH3 is 3. The quantitative estimate of drug-likeness (QED) is 0.0584. The summed E-state index contributed by atoms with van der Waals surface area (Å²) < 4.78 is 33.6. The summed E-state index contributed by atoms with van der Waals surface area (Å²) in [5, 5.41) is 55.4. The number of piperidine rings is 1. The number of hydroxylamine groups is 3. The van der Waals surface area contributed by atoms with E-state index in [4.69, 9.17) is 28.4 Å². The van der Waals surface area contributed by atoms with Crippen molar-refractivity contribution in [3.8, 4) is 0 Å². The van der Waals surface area contributed by atoms with Gasteiger partial charge >= 0.3 is 23.6 Å². The van der Waals surface area contributed by atoms with Crippen molar-refractivity contribution < 1.29 is 87.5 Å². The van der Waals surface area contributed by atoms with Gasteiger partial charge in [-0.3, -0.25) is 19.2 Å². The van der Waals surface area contributed by atoms with Crippen LogP contribution in [0.4, 0.5) is 0 Å². The average molecular weight is 1050 g/mol. The monoisotopic (exact) mass is 1050 g/mol. The normalized spacial score (nSPS) is 36.8. The lowest BCUT2D eigenvalue weighted by Crippen LogP contribution is -2.68. The van der Waals surface area contributed by atoms with Crippen LogP contribution in [-0.4, -0.2) is 161 Å². The minimum Gasteiger partial charge on any atom is -0.459 e. The number of fused-ring (bicyclic) bond motifs is 3. The molecule has 1 amide bonds. The smallest absolute Gasteiger partial charge is 0.420 e. The summed E-state index contributed by atoms with van der Waals surface area (Å²) in [7, 11) is 4.37. The highest BCUT2D eigenvalue weighted by Crippen LogP contribution is 2.39. The largest absolute Gasteiger partial charge is 0.459 e. The highest BCUT2D eigenvalue weighted by atomic mass is 16.6. The Bertz CT molecular complexity index is 2060. The van der Waals surface area contributed by atoms with Gasteiger partial charge in [-0.05, 0) is 101 Å². The summed E-state index contributed by atoms with van der Waals surface area (Å²) in [6.07, 6.45) is 8.21. The van der Waals surface area contributed by atoms with Crippen LogP contribution in [0.3, 0.4) is 0 Å². The molecule has 2 saturated heterocycles. The maximum Gasteiger partial charge on any atom is 0.420 e. The Morgan fingerprint density at radius 1 is 0.865 bits per heavy atom. The summed E-state index contributed by atoms with van der Waals surface area (Å²) in [6.45, 7) is 12.1. The Labute approximate surface area is 438 Å². The standard InChI is InChI=1S/C56H88NO17/c1-33-17-13-12-14-18-34(2)45(69-9)29-41-22-20-39(7)56(67,74-41)51(63)52(64)57(68)24-16-15-19-42(57)53(65)72-46(30-43(60)35(3)26-38(6)49(62)50(71-11)48(61)37(5)25-33)36(4)27-40-21-23-44(47(28-40)70-10)73-54(66)55(8,31-58)32-59/h12-14,17-18,26,33,35-37,39-42,44-47,49-50,58-59,62,67-68H,15-16,19-25,27-32H2,1-11H3/q+1/t33-,35-,36-,37-,39-,40+,41?,42+,44-,45+,46+,47-,49-,50+,56-,57?/m1/s1. The molecule has 18 nitrogen and oxygen atoms in total. The molecule has 16 atom stereocenters. The molecule has 3 aliphatic heterocycles. The Balaban J connectivity index is 1.72. The molecule has 0 aromatic rings. The number of cyclic esters (lactones) is 1. The topological polar surface area (TPSA) is 259 Å². The van der Waals surface area contributed by atoms with Crippen LogP contribution in [0.2, 0.25) is 0 Å². The number of quaternary nitrogens is 1. The minimum absolute atomic E-state index is 0.0230. The zero-order valence-electron chi connectivity index (χ0n) is 45.7. The van der Waals surface area contributed by atoms with Gasteiger partial charge < -0.3 is 48.8 Å². The Kier molecular flexibility index (Phi) is 23.7. The fourth-order valence-electron chi connectivity index (χ4n) is 10.9. The molecule has 0 radical (unpaired) electrons. The van der Waals surface area contributed by atoms with E-state index in [1.165, 1.54) is 28.3 Å². The van der Waals surface area contributed by atoms with Crippen molar-refractivity contribution in [3.63, 3.8) is 0 Å². The van der Waals surface area contributed by atoms with Crippen molar-refractivity contribution in [2.45, 2.75) is 187 Å². The van der Waals surface area contributed by atoms with Crippen LogP contribution in [0.5, 0.6) is 0 Å². The number of nitrogens with zero attached hydrogens (tertiary/aromatic N) is 1. The van der Waals surface area contributed by atoms with Gasteiger partial charge in [0.15, 0.2) is 5.78 Å². The predicted octanol–water partition coefficient (Wildman–Crippen LogP) is 5.63. The Hall–Kier alpha value is -3.82. The highest BCUT2D eigenvalue weighted by Gasteiger charge is 2.61. The van der Waals surface area contributed by atoms with Crippen LogP contribution in [0.15, 0.2) is 47.6 Å². The molecule has 74 heavy (non-hydrogen) atoms. The number of allylic oxidation sites excluding steroid dienone is 6. The van der Waals surface area contributed by atoms with Gasteiger partial charge in [0.2, 0.25) is 11.8 Å². The number of carbonyl (C=O) groups is 6.